The number of hydrogen-bond acceptors (Lipinski definition) is 8. The number of aliphatic hydroxyl groups is 3. The van der Waals surface area contributed by atoms with Crippen molar-refractivity contribution in [3.05, 3.63) is 88.6 Å². The number of carboxylic acids is 1. The lowest BCUT2D eigenvalue weighted by atomic mass is 9.34. The van der Waals surface area contributed by atoms with Crippen molar-refractivity contribution in [2.45, 2.75) is 115 Å². The minimum atomic E-state index is -1.77. The molecule has 1 aromatic carbocycles. The van der Waals surface area contributed by atoms with Gasteiger partial charge in [0.05, 0.1) is 17.2 Å². The minimum Gasteiger partial charge on any atom is -0.478 e. The van der Waals surface area contributed by atoms with Gasteiger partial charge in [-0.15, -0.1) is 11.8 Å². The van der Waals surface area contributed by atoms with Gasteiger partial charge in [-0.25, -0.2) is 9.79 Å². The Morgan fingerprint density at radius 2 is 1.73 bits per heavy atom. The Kier molecular flexibility index (Phi) is 9.60. The van der Waals surface area contributed by atoms with Crippen LogP contribution in [0.2, 0.25) is 0 Å². The van der Waals surface area contributed by atoms with E-state index in [1.165, 1.54) is 0 Å². The molecule has 2 spiro atoms. The second-order valence-corrected chi connectivity index (χ2v) is 20.7. The largest absolute Gasteiger partial charge is 0.478 e. The van der Waals surface area contributed by atoms with Gasteiger partial charge in [-0.1, -0.05) is 88.4 Å². The van der Waals surface area contributed by atoms with E-state index in [9.17, 15) is 30.0 Å². The van der Waals surface area contributed by atoms with E-state index in [4.69, 9.17) is 16.5 Å². The molecular weight excluding hydrogens is 781 g/mol. The summed E-state index contributed by atoms with van der Waals surface area (Å²) in [5.41, 5.74) is 5.35. The maximum Gasteiger partial charge on any atom is 0.331 e. The normalized spacial score (nSPS) is 45.6. The van der Waals surface area contributed by atoms with E-state index < -0.39 is 79.6 Å². The summed E-state index contributed by atoms with van der Waals surface area (Å²) in [6.07, 6.45) is 13.0. The highest BCUT2D eigenvalue weighted by Crippen LogP contribution is 2.84. The van der Waals surface area contributed by atoms with Gasteiger partial charge in [0.25, 0.3) is 0 Å². The number of aliphatic carboxylic acids is 1. The van der Waals surface area contributed by atoms with Crippen molar-refractivity contribution in [3.8, 4) is 11.8 Å². The lowest BCUT2D eigenvalue weighted by Crippen LogP contribution is -2.71. The third-order valence-corrected chi connectivity index (χ3v) is 18.3. The lowest BCUT2D eigenvalue weighted by Gasteiger charge is -2.70. The second kappa shape index (κ2) is 13.9. The standard InChI is InChI=1S/C51H62N4O7/c1-30-37-39(58)32(33(42(59)60)18-27-54-5)16-22-48(37,55-43(52)53)24-23-47(30)29-49(61)25-26-50(62)34(15-14-31-12-8-6-9-13-31)40-44(2)19-10-7-11-20-51(49)41(50)38(35(56)28-46(47,51)4)45(40,3)21-17-36(44)57/h6,8-9,12-15,23-26,30,34,37,39-40,54,58,61-62H,11,16-22,27-29H2,1-5H3,(H,59,60)(H4,52,53,55). The van der Waals surface area contributed by atoms with Crippen LogP contribution in [0.4, 0.5) is 0 Å². The van der Waals surface area contributed by atoms with Crippen molar-refractivity contribution < 1.29 is 34.8 Å². The number of carboxylic acid groups (broad SMARTS) is 1. The fourth-order valence-electron chi connectivity index (χ4n) is 15.8. The molecular formula is C51H62N4O7. The zero-order valence-corrected chi connectivity index (χ0v) is 36.6. The smallest absolute Gasteiger partial charge is 0.331 e. The molecule has 8 aliphatic carbocycles. The topological polar surface area (TPSA) is 209 Å². The van der Waals surface area contributed by atoms with Crippen LogP contribution >= 0.6 is 0 Å². The van der Waals surface area contributed by atoms with Gasteiger partial charge in [-0.2, -0.15) is 0 Å². The molecule has 0 heterocycles. The van der Waals surface area contributed by atoms with E-state index in [0.29, 0.717) is 48.9 Å². The second-order valence-electron chi connectivity index (χ2n) is 20.7. The number of Topliss-reactive ketones (excluding diaryl/α,β-unsaturated/α-hetero) is 2. The van der Waals surface area contributed by atoms with Crippen LogP contribution in [0.1, 0.15) is 97.5 Å². The number of aliphatic imine (C=N–C) groups is 1. The molecule has 4 bridgehead atoms. The lowest BCUT2D eigenvalue weighted by molar-refractivity contribution is -0.169. The van der Waals surface area contributed by atoms with Gasteiger partial charge in [0, 0.05) is 70.3 Å². The maximum absolute atomic E-state index is 15.8. The van der Waals surface area contributed by atoms with Gasteiger partial charge in [0.2, 0.25) is 0 Å². The van der Waals surface area contributed by atoms with Crippen LogP contribution < -0.4 is 16.8 Å². The predicted molar refractivity (Wildman–Crippen MR) is 237 cm³/mol. The van der Waals surface area contributed by atoms with Crippen LogP contribution in [0.15, 0.2) is 88.0 Å². The fraction of sp³-hybridized carbons (Fsp3) is 0.569. The Morgan fingerprint density at radius 3 is 2.42 bits per heavy atom. The predicted octanol–water partition coefficient (Wildman–Crippen LogP) is 5.17. The van der Waals surface area contributed by atoms with Crippen LogP contribution in [0, 0.1) is 62.6 Å². The Labute approximate surface area is 364 Å². The van der Waals surface area contributed by atoms with Crippen molar-refractivity contribution >= 4 is 29.6 Å². The van der Waals surface area contributed by atoms with Crippen LogP contribution in [0.5, 0.6) is 0 Å². The third kappa shape index (κ3) is 5.21. The summed E-state index contributed by atoms with van der Waals surface area (Å²) in [5, 5.41) is 54.1. The zero-order valence-electron chi connectivity index (χ0n) is 36.6. The number of guanidine groups is 1. The molecule has 3 fully saturated rings. The van der Waals surface area contributed by atoms with E-state index in [1.54, 1.807) is 19.2 Å². The third-order valence-electron chi connectivity index (χ3n) is 18.3. The number of nitrogens with two attached hydrogens (primary N) is 2. The molecule has 9 rings (SSSR count). The average Bonchev–Trinajstić information content (AvgIpc) is 3.37. The average molecular weight is 843 g/mol. The summed E-state index contributed by atoms with van der Waals surface area (Å²) in [6, 6.07) is 9.86. The first-order chi connectivity index (χ1) is 29.3. The van der Waals surface area contributed by atoms with Crippen molar-refractivity contribution in [2.75, 3.05) is 13.6 Å². The van der Waals surface area contributed by atoms with Crippen LogP contribution in [-0.4, -0.2) is 80.4 Å². The van der Waals surface area contributed by atoms with Crippen LogP contribution in [0.25, 0.3) is 6.08 Å². The molecule has 9 N–H and O–H groups in total. The molecule has 0 aromatic heterocycles. The van der Waals surface area contributed by atoms with Crippen LogP contribution in [-0.2, 0) is 14.4 Å². The first kappa shape index (κ1) is 42.7. The molecule has 13 atom stereocenters. The fourth-order valence-corrected chi connectivity index (χ4v) is 15.8. The number of aliphatic hydroxyl groups excluding tert-OH is 1. The number of nitrogens with one attached hydrogen (secondary N) is 1. The van der Waals surface area contributed by atoms with Crippen molar-refractivity contribution in [3.63, 3.8) is 0 Å². The minimum absolute atomic E-state index is 0.0427. The Morgan fingerprint density at radius 1 is 0.984 bits per heavy atom. The summed E-state index contributed by atoms with van der Waals surface area (Å²) < 4.78 is 0. The number of fused-ring (bicyclic) bond motifs is 3. The highest BCUT2D eigenvalue weighted by atomic mass is 16.4. The summed E-state index contributed by atoms with van der Waals surface area (Å²) in [7, 11) is 1.75. The van der Waals surface area contributed by atoms with Gasteiger partial charge in [-0.05, 0) is 92.2 Å². The molecule has 328 valence electrons. The summed E-state index contributed by atoms with van der Waals surface area (Å²) in [6.45, 7) is 8.62. The number of carbonyl (C=O) groups excluding carboxylic acids is 2. The molecule has 0 aliphatic heterocycles. The number of ketones is 2. The highest BCUT2D eigenvalue weighted by molar-refractivity contribution is 6.02. The Bertz CT molecular complexity index is 2400. The number of allylic oxidation sites excluding steroid dienone is 2. The SMILES string of the molecule is CNCCC(C(=O)O)=C1CCC2(N=C(N)N)C=CC3(CC4(O)C=CC5(O)C6=C7C(=O)CC3(C)C64CCC#CCC3(C)C(=O)CCC7(C)C3C5C=Cc3ccccc3)C(C)C2C1O. The van der Waals surface area contributed by atoms with Gasteiger partial charge in [0.15, 0.2) is 11.7 Å². The summed E-state index contributed by atoms with van der Waals surface area (Å²) >= 11 is 0. The van der Waals surface area contributed by atoms with Crippen LogP contribution in [0.3, 0.4) is 0 Å². The first-order valence-electron chi connectivity index (χ1n) is 22.5. The van der Waals surface area contributed by atoms with Crippen molar-refractivity contribution in [1.82, 2.24) is 5.32 Å². The van der Waals surface area contributed by atoms with E-state index in [-0.39, 0.29) is 61.6 Å². The molecule has 13 unspecified atom stereocenters. The van der Waals surface area contributed by atoms with Gasteiger partial charge in [0.1, 0.15) is 11.4 Å². The molecule has 11 nitrogen and oxygen atoms in total. The molecule has 8 aliphatic rings. The molecule has 0 radical (unpaired) electrons. The first-order valence-corrected chi connectivity index (χ1v) is 22.5. The van der Waals surface area contributed by atoms with E-state index >= 15 is 4.79 Å². The summed E-state index contributed by atoms with van der Waals surface area (Å²) in [4.78, 5) is 47.8. The Balaban J connectivity index is 1.32. The zero-order chi connectivity index (χ0) is 44.5. The molecule has 11 heteroatoms. The van der Waals surface area contributed by atoms with Crippen molar-refractivity contribution in [2.24, 2.45) is 67.2 Å². The Hall–Kier alpha value is -4.60. The molecule has 1 aromatic rings. The van der Waals surface area contributed by atoms with Crippen molar-refractivity contribution in [1.29, 1.82) is 0 Å². The van der Waals surface area contributed by atoms with E-state index in [2.05, 4.69) is 37.1 Å². The van der Waals surface area contributed by atoms with E-state index in [1.807, 2.05) is 62.4 Å². The number of carbonyl (C=O) groups is 3. The van der Waals surface area contributed by atoms with E-state index in [0.717, 1.165) is 5.56 Å². The highest BCUT2D eigenvalue weighted by Gasteiger charge is 2.84. The quantitative estimate of drug-likeness (QED) is 0.0630. The van der Waals surface area contributed by atoms with Gasteiger partial charge in [-0.3, -0.25) is 9.59 Å². The molecule has 0 amide bonds. The molecule has 0 saturated heterocycles. The molecule has 3 saturated carbocycles. The number of hydrogen-bond donors (Lipinski definition) is 7. The molecule has 62 heavy (non-hydrogen) atoms. The monoisotopic (exact) mass is 842 g/mol. The number of benzene rings is 1. The number of rotatable bonds is 7. The maximum atomic E-state index is 15.8. The van der Waals surface area contributed by atoms with Gasteiger partial charge < -0.3 is 37.2 Å². The van der Waals surface area contributed by atoms with Gasteiger partial charge >= 0.3 is 5.97 Å². The summed E-state index contributed by atoms with van der Waals surface area (Å²) in [5.74, 6) is 3.16. The number of nitrogens with zero attached hydrogens (tertiary/aromatic N) is 1.